The van der Waals surface area contributed by atoms with Gasteiger partial charge >= 0.3 is 5.97 Å². The Kier molecular flexibility index (Phi) is 4.02. The Balaban J connectivity index is 2.14. The summed E-state index contributed by atoms with van der Waals surface area (Å²) in [6.07, 6.45) is 0.197. The van der Waals surface area contributed by atoms with Gasteiger partial charge in [-0.3, -0.25) is 14.4 Å². The minimum atomic E-state index is -0.931. The number of carboxylic acid groups (broad SMARTS) is 1. The molecule has 0 atom stereocenters. The average molecular weight is 276 g/mol. The first kappa shape index (κ1) is 14.0. The van der Waals surface area contributed by atoms with Crippen LogP contribution < -0.4 is 5.32 Å². The molecule has 0 radical (unpaired) electrons. The maximum absolute atomic E-state index is 12.3. The van der Waals surface area contributed by atoms with Crippen LogP contribution in [-0.4, -0.2) is 40.9 Å². The van der Waals surface area contributed by atoms with Gasteiger partial charge in [0.1, 0.15) is 0 Å². The fourth-order valence-electron chi connectivity index (χ4n) is 2.18. The van der Waals surface area contributed by atoms with Gasteiger partial charge in [-0.1, -0.05) is 0 Å². The molecular weight excluding hydrogens is 260 g/mol. The number of nitrogens with zero attached hydrogens (tertiary/aromatic N) is 1. The molecule has 6 heteroatoms. The zero-order valence-electron chi connectivity index (χ0n) is 11.2. The number of amides is 2. The zero-order valence-corrected chi connectivity index (χ0v) is 11.2. The second-order valence-electron chi connectivity index (χ2n) is 4.63. The fourth-order valence-corrected chi connectivity index (χ4v) is 2.18. The molecule has 106 valence electrons. The highest BCUT2D eigenvalue weighted by Crippen LogP contribution is 2.24. The van der Waals surface area contributed by atoms with Crippen LogP contribution in [0.2, 0.25) is 0 Å². The minimum absolute atomic E-state index is 0.0788. The molecule has 1 aliphatic heterocycles. The Morgan fingerprint density at radius 1 is 1.40 bits per heavy atom. The van der Waals surface area contributed by atoms with Crippen LogP contribution in [0.1, 0.15) is 29.3 Å². The third-order valence-corrected chi connectivity index (χ3v) is 3.24. The van der Waals surface area contributed by atoms with Crippen molar-refractivity contribution in [2.45, 2.75) is 19.8 Å². The highest BCUT2D eigenvalue weighted by atomic mass is 16.4. The molecule has 1 aliphatic rings. The van der Waals surface area contributed by atoms with E-state index >= 15 is 0 Å². The van der Waals surface area contributed by atoms with Gasteiger partial charge in [0.2, 0.25) is 5.91 Å². The molecule has 0 saturated carbocycles. The molecule has 1 aromatic carbocycles. The maximum Gasteiger partial charge on any atom is 0.305 e. The molecule has 0 aromatic heterocycles. The second-order valence-corrected chi connectivity index (χ2v) is 4.63. The van der Waals surface area contributed by atoms with Gasteiger partial charge in [-0.15, -0.1) is 0 Å². The second kappa shape index (κ2) is 5.73. The number of aliphatic carboxylic acids is 1. The van der Waals surface area contributed by atoms with Crippen molar-refractivity contribution in [1.82, 2.24) is 4.90 Å². The highest BCUT2D eigenvalue weighted by molar-refractivity contribution is 6.01. The van der Waals surface area contributed by atoms with Crippen LogP contribution in [0.5, 0.6) is 0 Å². The lowest BCUT2D eigenvalue weighted by Gasteiger charge is -2.20. The first-order valence-electron chi connectivity index (χ1n) is 6.45. The molecule has 1 aromatic rings. The van der Waals surface area contributed by atoms with Crippen LogP contribution in [0.15, 0.2) is 18.2 Å². The van der Waals surface area contributed by atoms with E-state index in [4.69, 9.17) is 5.11 Å². The van der Waals surface area contributed by atoms with Gasteiger partial charge in [0.05, 0.1) is 12.8 Å². The molecule has 0 saturated heterocycles. The normalized spacial score (nSPS) is 12.8. The molecule has 0 fully saturated rings. The number of carboxylic acids is 1. The SMILES string of the molecule is CCN(CCC(=O)O)C(=O)c1ccc2c(c1)CC(=O)N2. The lowest BCUT2D eigenvalue weighted by molar-refractivity contribution is -0.137. The Morgan fingerprint density at radius 3 is 2.80 bits per heavy atom. The van der Waals surface area contributed by atoms with Crippen molar-refractivity contribution in [3.63, 3.8) is 0 Å². The van der Waals surface area contributed by atoms with Crippen molar-refractivity contribution < 1.29 is 19.5 Å². The summed E-state index contributed by atoms with van der Waals surface area (Å²) in [6, 6.07) is 5.05. The van der Waals surface area contributed by atoms with Crippen LogP contribution in [-0.2, 0) is 16.0 Å². The third kappa shape index (κ3) is 2.96. The Morgan fingerprint density at radius 2 is 2.15 bits per heavy atom. The van der Waals surface area contributed by atoms with Crippen LogP contribution in [0, 0.1) is 0 Å². The van der Waals surface area contributed by atoms with Crippen molar-refractivity contribution >= 4 is 23.5 Å². The predicted molar refractivity (Wildman–Crippen MR) is 72.6 cm³/mol. The van der Waals surface area contributed by atoms with E-state index in [-0.39, 0.29) is 31.2 Å². The van der Waals surface area contributed by atoms with E-state index in [1.807, 2.05) is 0 Å². The molecule has 0 spiro atoms. The number of carbonyl (C=O) groups is 3. The topological polar surface area (TPSA) is 86.7 Å². The number of benzene rings is 1. The summed E-state index contributed by atoms with van der Waals surface area (Å²) in [5.74, 6) is -1.22. The van der Waals surface area contributed by atoms with E-state index in [0.29, 0.717) is 12.1 Å². The van der Waals surface area contributed by atoms with Gasteiger partial charge in [0, 0.05) is 24.3 Å². The Bertz CT molecular complexity index is 568. The fraction of sp³-hybridized carbons (Fsp3) is 0.357. The van der Waals surface area contributed by atoms with E-state index in [2.05, 4.69) is 5.32 Å². The summed E-state index contributed by atoms with van der Waals surface area (Å²) in [5.41, 5.74) is 2.02. The van der Waals surface area contributed by atoms with Gasteiger partial charge in [0.15, 0.2) is 0 Å². The average Bonchev–Trinajstić information content (AvgIpc) is 2.77. The van der Waals surface area contributed by atoms with Crippen molar-refractivity contribution in [1.29, 1.82) is 0 Å². The van der Waals surface area contributed by atoms with Gasteiger partial charge in [-0.2, -0.15) is 0 Å². The lowest BCUT2D eigenvalue weighted by atomic mass is 10.1. The molecular formula is C14H16N2O4. The summed E-state index contributed by atoms with van der Waals surface area (Å²) in [5, 5.41) is 11.4. The maximum atomic E-state index is 12.3. The summed E-state index contributed by atoms with van der Waals surface area (Å²) < 4.78 is 0. The van der Waals surface area contributed by atoms with Gasteiger partial charge in [0.25, 0.3) is 5.91 Å². The molecule has 1 heterocycles. The summed E-state index contributed by atoms with van der Waals surface area (Å²) in [6.45, 7) is 2.43. The zero-order chi connectivity index (χ0) is 14.7. The number of nitrogens with one attached hydrogen (secondary N) is 1. The quantitative estimate of drug-likeness (QED) is 0.843. The Hall–Kier alpha value is -2.37. The number of anilines is 1. The molecule has 20 heavy (non-hydrogen) atoms. The first-order valence-corrected chi connectivity index (χ1v) is 6.45. The summed E-state index contributed by atoms with van der Waals surface area (Å²) in [7, 11) is 0. The first-order chi connectivity index (χ1) is 9.51. The van der Waals surface area contributed by atoms with E-state index in [9.17, 15) is 14.4 Å². The highest BCUT2D eigenvalue weighted by Gasteiger charge is 2.21. The van der Waals surface area contributed by atoms with Crippen molar-refractivity contribution in [2.24, 2.45) is 0 Å². The summed E-state index contributed by atoms with van der Waals surface area (Å²) in [4.78, 5) is 35.6. The predicted octanol–water partition coefficient (Wildman–Crippen LogP) is 1.12. The number of rotatable bonds is 5. The molecule has 0 aliphatic carbocycles. The molecule has 0 bridgehead atoms. The Labute approximate surface area is 116 Å². The minimum Gasteiger partial charge on any atom is -0.481 e. The number of hydrogen-bond acceptors (Lipinski definition) is 3. The van der Waals surface area contributed by atoms with Crippen LogP contribution in [0.3, 0.4) is 0 Å². The number of hydrogen-bond donors (Lipinski definition) is 2. The van der Waals surface area contributed by atoms with Crippen LogP contribution >= 0.6 is 0 Å². The molecule has 0 unspecified atom stereocenters. The largest absolute Gasteiger partial charge is 0.481 e. The van der Waals surface area contributed by atoms with E-state index in [1.54, 1.807) is 25.1 Å². The molecule has 6 nitrogen and oxygen atoms in total. The summed E-state index contributed by atoms with van der Waals surface area (Å²) >= 11 is 0. The number of carbonyl (C=O) groups excluding carboxylic acids is 2. The van der Waals surface area contributed by atoms with Crippen molar-refractivity contribution in [3.8, 4) is 0 Å². The van der Waals surface area contributed by atoms with Crippen LogP contribution in [0.4, 0.5) is 5.69 Å². The van der Waals surface area contributed by atoms with E-state index < -0.39 is 5.97 Å². The van der Waals surface area contributed by atoms with Gasteiger partial charge in [-0.25, -0.2) is 0 Å². The smallest absolute Gasteiger partial charge is 0.305 e. The molecule has 2 N–H and O–H groups in total. The number of fused-ring (bicyclic) bond motifs is 1. The van der Waals surface area contributed by atoms with E-state index in [0.717, 1.165) is 11.3 Å². The lowest BCUT2D eigenvalue weighted by Crippen LogP contribution is -2.32. The monoisotopic (exact) mass is 276 g/mol. The molecule has 2 amide bonds. The third-order valence-electron chi connectivity index (χ3n) is 3.24. The molecule has 2 rings (SSSR count). The van der Waals surface area contributed by atoms with E-state index in [1.165, 1.54) is 4.90 Å². The van der Waals surface area contributed by atoms with Gasteiger partial charge < -0.3 is 15.3 Å². The van der Waals surface area contributed by atoms with Crippen molar-refractivity contribution in [2.75, 3.05) is 18.4 Å². The van der Waals surface area contributed by atoms with Crippen LogP contribution in [0.25, 0.3) is 0 Å². The van der Waals surface area contributed by atoms with Crippen molar-refractivity contribution in [3.05, 3.63) is 29.3 Å². The standard InChI is InChI=1S/C14H16N2O4/c1-2-16(6-5-13(18)19)14(20)9-3-4-11-10(7-9)8-12(17)15-11/h3-4,7H,2,5-6,8H2,1H3,(H,15,17)(H,18,19). The van der Waals surface area contributed by atoms with Gasteiger partial charge in [-0.05, 0) is 30.7 Å².